The van der Waals surface area contributed by atoms with Crippen LogP contribution in [0.2, 0.25) is 0 Å². The molecule has 4 nitrogen and oxygen atoms in total. The van der Waals surface area contributed by atoms with Crippen LogP contribution in [0.4, 0.5) is 13.2 Å². The molecule has 0 aliphatic heterocycles. The molecule has 0 atom stereocenters. The predicted octanol–water partition coefficient (Wildman–Crippen LogP) is 1.34. The Bertz CT molecular complexity index is 515. The molecule has 0 bridgehead atoms. The zero-order chi connectivity index (χ0) is 14.5. The van der Waals surface area contributed by atoms with Gasteiger partial charge in [0, 0.05) is 13.1 Å². The van der Waals surface area contributed by atoms with Crippen LogP contribution in [0.3, 0.4) is 0 Å². The first kappa shape index (κ1) is 15.9. The molecular formula is C11H15F3N2O2S. The van der Waals surface area contributed by atoms with Crippen molar-refractivity contribution in [1.82, 2.24) is 10.0 Å². The van der Waals surface area contributed by atoms with Gasteiger partial charge in [0.05, 0.1) is 11.3 Å². The average molecular weight is 296 g/mol. The summed E-state index contributed by atoms with van der Waals surface area (Å²) in [4.78, 5) is 0. The number of hydrogen-bond donors (Lipinski definition) is 2. The largest absolute Gasteiger partial charge is 0.416 e. The van der Waals surface area contributed by atoms with Crippen molar-refractivity contribution in [2.24, 2.45) is 0 Å². The third-order valence-corrected chi connectivity index (χ3v) is 3.75. The molecule has 0 spiro atoms. The summed E-state index contributed by atoms with van der Waals surface area (Å²) >= 11 is 0. The molecule has 0 amide bonds. The average Bonchev–Trinajstić information content (AvgIpc) is 2.33. The Labute approximate surface area is 110 Å². The van der Waals surface area contributed by atoms with Gasteiger partial charge in [-0.3, -0.25) is 0 Å². The van der Waals surface area contributed by atoms with Crippen LogP contribution < -0.4 is 10.0 Å². The SMILES string of the molecule is CNCCS(=O)(=O)NCc1ccccc1C(F)(F)F. The van der Waals surface area contributed by atoms with E-state index in [1.807, 2.05) is 0 Å². The van der Waals surface area contributed by atoms with Crippen molar-refractivity contribution in [2.75, 3.05) is 19.3 Å². The number of rotatable bonds is 6. The zero-order valence-corrected chi connectivity index (χ0v) is 11.1. The van der Waals surface area contributed by atoms with E-state index in [-0.39, 0.29) is 24.4 Å². The maximum absolute atomic E-state index is 12.7. The van der Waals surface area contributed by atoms with Gasteiger partial charge in [-0.25, -0.2) is 13.1 Å². The molecule has 0 fully saturated rings. The number of halogens is 3. The third kappa shape index (κ3) is 5.17. The second kappa shape index (κ2) is 6.36. The van der Waals surface area contributed by atoms with Crippen molar-refractivity contribution >= 4 is 10.0 Å². The smallest absolute Gasteiger partial charge is 0.319 e. The standard InChI is InChI=1S/C11H15F3N2O2S/c1-15-6-7-19(17,18)16-8-9-4-2-3-5-10(9)11(12,13)14/h2-5,15-16H,6-8H2,1H3. The van der Waals surface area contributed by atoms with E-state index in [0.29, 0.717) is 0 Å². The van der Waals surface area contributed by atoms with Crippen molar-refractivity contribution < 1.29 is 21.6 Å². The maximum atomic E-state index is 12.7. The summed E-state index contributed by atoms with van der Waals surface area (Å²) in [5, 5.41) is 2.66. The van der Waals surface area contributed by atoms with Gasteiger partial charge in [-0.15, -0.1) is 0 Å². The highest BCUT2D eigenvalue weighted by Crippen LogP contribution is 2.31. The molecule has 0 saturated heterocycles. The summed E-state index contributed by atoms with van der Waals surface area (Å²) in [5.74, 6) is -0.183. The Morgan fingerprint density at radius 1 is 1.21 bits per heavy atom. The quantitative estimate of drug-likeness (QED) is 0.833. The number of nitrogens with one attached hydrogen (secondary N) is 2. The molecule has 0 heterocycles. The summed E-state index contributed by atoms with van der Waals surface area (Å²) in [6.07, 6.45) is -4.49. The van der Waals surface area contributed by atoms with E-state index in [0.717, 1.165) is 6.07 Å². The Balaban J connectivity index is 2.79. The van der Waals surface area contributed by atoms with Crippen LogP contribution in [-0.2, 0) is 22.7 Å². The van der Waals surface area contributed by atoms with Crippen LogP contribution in [0.5, 0.6) is 0 Å². The molecule has 0 radical (unpaired) electrons. The minimum Gasteiger partial charge on any atom is -0.319 e. The first-order valence-corrected chi connectivity index (χ1v) is 7.18. The fourth-order valence-corrected chi connectivity index (χ4v) is 2.44. The first-order valence-electron chi connectivity index (χ1n) is 5.53. The van der Waals surface area contributed by atoms with Crippen LogP contribution in [0.1, 0.15) is 11.1 Å². The molecule has 108 valence electrons. The van der Waals surface area contributed by atoms with E-state index in [9.17, 15) is 21.6 Å². The van der Waals surface area contributed by atoms with Crippen molar-refractivity contribution in [3.8, 4) is 0 Å². The van der Waals surface area contributed by atoms with Gasteiger partial charge in [-0.2, -0.15) is 13.2 Å². The molecule has 8 heteroatoms. The molecule has 0 aromatic heterocycles. The molecule has 1 aromatic rings. The number of benzene rings is 1. The van der Waals surface area contributed by atoms with Crippen molar-refractivity contribution in [2.45, 2.75) is 12.7 Å². The lowest BCUT2D eigenvalue weighted by molar-refractivity contribution is -0.138. The minimum absolute atomic E-state index is 0.0944. The van der Waals surface area contributed by atoms with Gasteiger partial charge in [0.1, 0.15) is 0 Å². The number of alkyl halides is 3. The molecule has 19 heavy (non-hydrogen) atoms. The number of hydrogen-bond acceptors (Lipinski definition) is 3. The Morgan fingerprint density at radius 2 is 1.84 bits per heavy atom. The molecule has 0 saturated carbocycles. The van der Waals surface area contributed by atoms with Gasteiger partial charge in [0.15, 0.2) is 0 Å². The van der Waals surface area contributed by atoms with Crippen LogP contribution in [0.25, 0.3) is 0 Å². The van der Waals surface area contributed by atoms with Gasteiger partial charge >= 0.3 is 6.18 Å². The highest BCUT2D eigenvalue weighted by Gasteiger charge is 2.32. The van der Waals surface area contributed by atoms with E-state index >= 15 is 0 Å². The van der Waals surface area contributed by atoms with E-state index in [1.54, 1.807) is 7.05 Å². The van der Waals surface area contributed by atoms with E-state index < -0.39 is 21.8 Å². The van der Waals surface area contributed by atoms with Crippen LogP contribution >= 0.6 is 0 Å². The lowest BCUT2D eigenvalue weighted by Crippen LogP contribution is -2.31. The summed E-state index contributed by atoms with van der Waals surface area (Å²) < 4.78 is 63.2. The second-order valence-electron chi connectivity index (χ2n) is 3.90. The van der Waals surface area contributed by atoms with Crippen molar-refractivity contribution in [3.63, 3.8) is 0 Å². The Morgan fingerprint density at radius 3 is 2.42 bits per heavy atom. The monoisotopic (exact) mass is 296 g/mol. The van der Waals surface area contributed by atoms with E-state index in [2.05, 4.69) is 10.0 Å². The van der Waals surface area contributed by atoms with Crippen LogP contribution in [0.15, 0.2) is 24.3 Å². The Hall–Kier alpha value is -1.12. The highest BCUT2D eigenvalue weighted by molar-refractivity contribution is 7.89. The lowest BCUT2D eigenvalue weighted by atomic mass is 10.1. The summed E-state index contributed by atoms with van der Waals surface area (Å²) in [5.41, 5.74) is -0.922. The van der Waals surface area contributed by atoms with Crippen molar-refractivity contribution in [3.05, 3.63) is 35.4 Å². The van der Waals surface area contributed by atoms with Gasteiger partial charge in [0.2, 0.25) is 10.0 Å². The fourth-order valence-electron chi connectivity index (χ4n) is 1.45. The number of sulfonamides is 1. The Kier molecular flexibility index (Phi) is 5.33. The summed E-state index contributed by atoms with van der Waals surface area (Å²) in [6, 6.07) is 4.88. The molecule has 1 rings (SSSR count). The van der Waals surface area contributed by atoms with Crippen LogP contribution in [0, 0.1) is 0 Å². The molecule has 1 aromatic carbocycles. The minimum atomic E-state index is -4.49. The first-order chi connectivity index (χ1) is 8.76. The highest BCUT2D eigenvalue weighted by atomic mass is 32.2. The second-order valence-corrected chi connectivity index (χ2v) is 5.82. The summed E-state index contributed by atoms with van der Waals surface area (Å²) in [6.45, 7) is -0.141. The zero-order valence-electron chi connectivity index (χ0n) is 10.3. The van der Waals surface area contributed by atoms with Gasteiger partial charge in [-0.05, 0) is 18.7 Å². The normalized spacial score (nSPS) is 12.6. The van der Waals surface area contributed by atoms with Gasteiger partial charge < -0.3 is 5.32 Å². The third-order valence-electron chi connectivity index (χ3n) is 2.43. The maximum Gasteiger partial charge on any atom is 0.416 e. The van der Waals surface area contributed by atoms with E-state index in [4.69, 9.17) is 0 Å². The lowest BCUT2D eigenvalue weighted by Gasteiger charge is -2.13. The van der Waals surface area contributed by atoms with Crippen LogP contribution in [-0.4, -0.2) is 27.8 Å². The van der Waals surface area contributed by atoms with Crippen molar-refractivity contribution in [1.29, 1.82) is 0 Å². The molecule has 0 aliphatic carbocycles. The van der Waals surface area contributed by atoms with E-state index in [1.165, 1.54) is 18.2 Å². The predicted molar refractivity (Wildman–Crippen MR) is 66.0 cm³/mol. The fraction of sp³-hybridized carbons (Fsp3) is 0.455. The molecule has 2 N–H and O–H groups in total. The topological polar surface area (TPSA) is 58.2 Å². The molecular weight excluding hydrogens is 281 g/mol. The molecule has 0 unspecified atom stereocenters. The van der Waals surface area contributed by atoms with Gasteiger partial charge in [0.25, 0.3) is 0 Å². The molecule has 0 aliphatic rings. The summed E-state index contributed by atoms with van der Waals surface area (Å²) in [7, 11) is -1.99. The van der Waals surface area contributed by atoms with Gasteiger partial charge in [-0.1, -0.05) is 18.2 Å².